The van der Waals surface area contributed by atoms with Crippen molar-refractivity contribution >= 4 is 5.91 Å². The van der Waals surface area contributed by atoms with Crippen molar-refractivity contribution in [2.75, 3.05) is 6.54 Å². The van der Waals surface area contributed by atoms with E-state index in [-0.39, 0.29) is 5.91 Å². The van der Waals surface area contributed by atoms with Gasteiger partial charge < -0.3 is 5.32 Å². The predicted octanol–water partition coefficient (Wildman–Crippen LogP) is 2.48. The molecule has 2 aromatic rings. The molecule has 1 aromatic heterocycles. The van der Waals surface area contributed by atoms with Gasteiger partial charge in [-0.15, -0.1) is 0 Å². The first-order valence-electron chi connectivity index (χ1n) is 7.30. The first kappa shape index (κ1) is 15.3. The number of nitrogens with zero attached hydrogens (tertiary/aromatic N) is 2. The summed E-state index contributed by atoms with van der Waals surface area (Å²) in [5.41, 5.74) is 5.67. The summed E-state index contributed by atoms with van der Waals surface area (Å²) >= 11 is 0. The molecule has 0 spiro atoms. The molecule has 0 fully saturated rings. The Balaban J connectivity index is 1.83. The minimum absolute atomic E-state index is 0.0545. The molecule has 0 aliphatic heterocycles. The highest BCUT2D eigenvalue weighted by molar-refractivity contribution is 5.78. The zero-order chi connectivity index (χ0) is 15.4. The van der Waals surface area contributed by atoms with Gasteiger partial charge in [0.1, 0.15) is 0 Å². The monoisotopic (exact) mass is 285 g/mol. The Hall–Kier alpha value is -2.10. The van der Waals surface area contributed by atoms with Crippen molar-refractivity contribution in [2.24, 2.45) is 0 Å². The van der Waals surface area contributed by atoms with Crippen LogP contribution in [-0.2, 0) is 17.8 Å². The molecule has 21 heavy (non-hydrogen) atoms. The van der Waals surface area contributed by atoms with Crippen LogP contribution >= 0.6 is 0 Å². The lowest BCUT2D eigenvalue weighted by Gasteiger charge is -2.07. The average Bonchev–Trinajstić information content (AvgIpc) is 2.66. The van der Waals surface area contributed by atoms with Gasteiger partial charge in [-0.05, 0) is 38.8 Å². The largest absolute Gasteiger partial charge is 0.354 e. The molecule has 0 bridgehead atoms. The fourth-order valence-electron chi connectivity index (χ4n) is 2.38. The number of nitrogens with one attached hydrogen (secondary N) is 1. The zero-order valence-corrected chi connectivity index (χ0v) is 13.2. The highest BCUT2D eigenvalue weighted by atomic mass is 16.1. The van der Waals surface area contributed by atoms with E-state index in [0.717, 1.165) is 11.3 Å². The Bertz CT molecular complexity index is 643. The summed E-state index contributed by atoms with van der Waals surface area (Å²) in [6.45, 7) is 9.49. The van der Waals surface area contributed by atoms with E-state index in [1.165, 1.54) is 16.8 Å². The van der Waals surface area contributed by atoms with Crippen molar-refractivity contribution in [1.82, 2.24) is 15.1 Å². The molecule has 0 aliphatic carbocycles. The van der Waals surface area contributed by atoms with Crippen molar-refractivity contribution in [3.05, 3.63) is 52.3 Å². The van der Waals surface area contributed by atoms with Crippen LogP contribution in [-0.4, -0.2) is 22.2 Å². The second-order valence-corrected chi connectivity index (χ2v) is 5.53. The lowest BCUT2D eigenvalue weighted by atomic mass is 10.1. The standard InChI is InChI=1S/C17H23N3O/c1-12-6-5-7-16(10-12)11-17(21)18-8-9-20-15(4)13(2)14(3)19-20/h5-7,10H,8-9,11H2,1-4H3,(H,18,21). The molecule has 1 N–H and O–H groups in total. The van der Waals surface area contributed by atoms with Gasteiger partial charge in [-0.25, -0.2) is 0 Å². The molecule has 0 saturated heterocycles. The van der Waals surface area contributed by atoms with Crippen LogP contribution < -0.4 is 5.32 Å². The quantitative estimate of drug-likeness (QED) is 0.917. The molecule has 1 amide bonds. The van der Waals surface area contributed by atoms with E-state index >= 15 is 0 Å². The molecule has 1 aromatic carbocycles. The number of aromatic nitrogens is 2. The maximum Gasteiger partial charge on any atom is 0.224 e. The Morgan fingerprint density at radius 2 is 2.00 bits per heavy atom. The van der Waals surface area contributed by atoms with Gasteiger partial charge in [-0.1, -0.05) is 29.8 Å². The molecule has 1 heterocycles. The smallest absolute Gasteiger partial charge is 0.224 e. The van der Waals surface area contributed by atoms with Crippen LogP contribution in [0.5, 0.6) is 0 Å². The molecular formula is C17H23N3O. The Labute approximate surface area is 126 Å². The molecular weight excluding hydrogens is 262 g/mol. The number of hydrogen-bond donors (Lipinski definition) is 1. The fraction of sp³-hybridized carbons (Fsp3) is 0.412. The Morgan fingerprint density at radius 3 is 2.62 bits per heavy atom. The average molecular weight is 285 g/mol. The van der Waals surface area contributed by atoms with E-state index in [9.17, 15) is 4.79 Å². The van der Waals surface area contributed by atoms with Crippen LogP contribution in [0.15, 0.2) is 24.3 Å². The van der Waals surface area contributed by atoms with E-state index in [0.29, 0.717) is 19.5 Å². The van der Waals surface area contributed by atoms with Gasteiger partial charge in [0.05, 0.1) is 18.7 Å². The summed E-state index contributed by atoms with van der Waals surface area (Å²) in [6, 6.07) is 8.05. The van der Waals surface area contributed by atoms with E-state index in [1.807, 2.05) is 42.8 Å². The van der Waals surface area contributed by atoms with E-state index in [4.69, 9.17) is 0 Å². The highest BCUT2D eigenvalue weighted by Crippen LogP contribution is 2.10. The van der Waals surface area contributed by atoms with Crippen LogP contribution in [0.4, 0.5) is 0 Å². The minimum Gasteiger partial charge on any atom is -0.354 e. The third kappa shape index (κ3) is 3.94. The van der Waals surface area contributed by atoms with Crippen molar-refractivity contribution in [2.45, 2.75) is 40.7 Å². The van der Waals surface area contributed by atoms with Crippen molar-refractivity contribution in [3.8, 4) is 0 Å². The summed E-state index contributed by atoms with van der Waals surface area (Å²) < 4.78 is 1.96. The molecule has 0 unspecified atom stereocenters. The number of benzene rings is 1. The molecule has 0 atom stereocenters. The number of carbonyl (C=O) groups is 1. The van der Waals surface area contributed by atoms with Gasteiger partial charge in [0.2, 0.25) is 5.91 Å². The van der Waals surface area contributed by atoms with Crippen LogP contribution in [0.2, 0.25) is 0 Å². The summed E-state index contributed by atoms with van der Waals surface area (Å²) in [5, 5.41) is 7.42. The van der Waals surface area contributed by atoms with Crippen LogP contribution in [0, 0.1) is 27.7 Å². The third-order valence-corrected chi connectivity index (χ3v) is 3.84. The van der Waals surface area contributed by atoms with Gasteiger partial charge in [0.15, 0.2) is 0 Å². The summed E-state index contributed by atoms with van der Waals surface area (Å²) in [4.78, 5) is 11.9. The van der Waals surface area contributed by atoms with E-state index < -0.39 is 0 Å². The topological polar surface area (TPSA) is 46.9 Å². The first-order valence-corrected chi connectivity index (χ1v) is 7.30. The lowest BCUT2D eigenvalue weighted by molar-refractivity contribution is -0.120. The predicted molar refractivity (Wildman–Crippen MR) is 84.3 cm³/mol. The highest BCUT2D eigenvalue weighted by Gasteiger charge is 2.07. The Morgan fingerprint density at radius 1 is 1.24 bits per heavy atom. The summed E-state index contributed by atoms with van der Waals surface area (Å²) in [5.74, 6) is 0.0545. The number of hydrogen-bond acceptors (Lipinski definition) is 2. The van der Waals surface area contributed by atoms with Crippen molar-refractivity contribution in [3.63, 3.8) is 0 Å². The van der Waals surface area contributed by atoms with E-state index in [1.54, 1.807) is 0 Å². The van der Waals surface area contributed by atoms with Crippen molar-refractivity contribution in [1.29, 1.82) is 0 Å². The van der Waals surface area contributed by atoms with Crippen molar-refractivity contribution < 1.29 is 4.79 Å². The number of aryl methyl sites for hydroxylation is 2. The molecule has 112 valence electrons. The number of carbonyl (C=O) groups excluding carboxylic acids is 1. The van der Waals surface area contributed by atoms with Crippen LogP contribution in [0.3, 0.4) is 0 Å². The SMILES string of the molecule is Cc1cccc(CC(=O)NCCn2nc(C)c(C)c2C)c1. The molecule has 4 nitrogen and oxygen atoms in total. The van der Waals surface area contributed by atoms with Gasteiger partial charge in [0, 0.05) is 12.2 Å². The summed E-state index contributed by atoms with van der Waals surface area (Å²) in [7, 11) is 0. The molecule has 2 rings (SSSR count). The van der Waals surface area contributed by atoms with Gasteiger partial charge >= 0.3 is 0 Å². The maximum atomic E-state index is 11.9. The molecule has 0 radical (unpaired) electrons. The second kappa shape index (κ2) is 6.57. The van der Waals surface area contributed by atoms with Crippen LogP contribution in [0.25, 0.3) is 0 Å². The fourth-order valence-corrected chi connectivity index (χ4v) is 2.38. The zero-order valence-electron chi connectivity index (χ0n) is 13.2. The summed E-state index contributed by atoms with van der Waals surface area (Å²) in [6.07, 6.45) is 0.428. The van der Waals surface area contributed by atoms with Gasteiger partial charge in [-0.3, -0.25) is 9.48 Å². The lowest BCUT2D eigenvalue weighted by Crippen LogP contribution is -2.29. The molecule has 0 aliphatic rings. The Kier molecular flexibility index (Phi) is 4.78. The number of amides is 1. The van der Waals surface area contributed by atoms with E-state index in [2.05, 4.69) is 24.3 Å². The minimum atomic E-state index is 0.0545. The number of rotatable bonds is 5. The normalized spacial score (nSPS) is 10.7. The molecule has 4 heteroatoms. The van der Waals surface area contributed by atoms with Crippen LogP contribution in [0.1, 0.15) is 28.1 Å². The second-order valence-electron chi connectivity index (χ2n) is 5.53. The maximum absolute atomic E-state index is 11.9. The van der Waals surface area contributed by atoms with Gasteiger partial charge in [-0.2, -0.15) is 5.10 Å². The molecule has 0 saturated carbocycles. The third-order valence-electron chi connectivity index (χ3n) is 3.84. The first-order chi connectivity index (χ1) is 9.97. The van der Waals surface area contributed by atoms with Gasteiger partial charge in [0.25, 0.3) is 0 Å².